The molecule has 1 aliphatic carbocycles. The molecule has 2 aromatic rings. The molecule has 210 valence electrons. The number of nitrogens with zero attached hydrogens (tertiary/aromatic N) is 2. The molecule has 2 aromatic carbocycles. The van der Waals surface area contributed by atoms with Gasteiger partial charge in [0.15, 0.2) is 0 Å². The first-order valence-corrected chi connectivity index (χ1v) is 14.6. The summed E-state index contributed by atoms with van der Waals surface area (Å²) in [6, 6.07) is 12.1. The van der Waals surface area contributed by atoms with Crippen molar-refractivity contribution < 1.29 is 9.90 Å². The fraction of sp³-hybridized carbons (Fsp3) is 0.531. The molecular formula is C32H40Cl2N3O2-. The number of aliphatic imine (C=N–C) groups is 1. The van der Waals surface area contributed by atoms with Gasteiger partial charge in [-0.1, -0.05) is 89.0 Å². The van der Waals surface area contributed by atoms with Crippen LogP contribution in [0.5, 0.6) is 0 Å². The highest BCUT2D eigenvalue weighted by molar-refractivity contribution is 6.47. The number of carbonyl (C=O) groups excluding carboxylic acids is 1. The summed E-state index contributed by atoms with van der Waals surface area (Å²) in [6.07, 6.45) is 5.20. The van der Waals surface area contributed by atoms with E-state index in [-0.39, 0.29) is 22.8 Å². The monoisotopic (exact) mass is 568 g/mol. The van der Waals surface area contributed by atoms with E-state index in [1.165, 1.54) is 0 Å². The maximum atomic E-state index is 14.4. The van der Waals surface area contributed by atoms with Gasteiger partial charge < -0.3 is 15.4 Å². The SMILES string of the molecule is CC(C)(C)CC[C@H](c1ccc(C(=N)[O-])cc1)N1C(=O)C(c2cc(Cl)cc(Cl)c2)=NC12CCC(C(C)(C)C)CC2. The van der Waals surface area contributed by atoms with E-state index < -0.39 is 11.6 Å². The van der Waals surface area contributed by atoms with Gasteiger partial charge in [0.05, 0.1) is 6.04 Å². The summed E-state index contributed by atoms with van der Waals surface area (Å²) in [4.78, 5) is 21.7. The van der Waals surface area contributed by atoms with Gasteiger partial charge in [-0.2, -0.15) is 0 Å². The fourth-order valence-corrected chi connectivity index (χ4v) is 6.62. The largest absolute Gasteiger partial charge is 0.859 e. The van der Waals surface area contributed by atoms with Gasteiger partial charge >= 0.3 is 0 Å². The Morgan fingerprint density at radius 3 is 2.10 bits per heavy atom. The van der Waals surface area contributed by atoms with Crippen LogP contribution >= 0.6 is 23.2 Å². The zero-order valence-electron chi connectivity index (χ0n) is 23.9. The molecule has 0 unspecified atom stereocenters. The number of carbonyl (C=O) groups is 1. The summed E-state index contributed by atoms with van der Waals surface area (Å²) < 4.78 is 0. The van der Waals surface area contributed by atoms with Crippen LogP contribution < -0.4 is 5.11 Å². The lowest BCUT2D eigenvalue weighted by atomic mass is 9.69. The molecule has 1 heterocycles. The van der Waals surface area contributed by atoms with Gasteiger partial charge in [-0.3, -0.25) is 9.79 Å². The molecule has 0 aromatic heterocycles. The normalized spacial score (nSPS) is 22.8. The topological polar surface area (TPSA) is 79.6 Å². The maximum Gasteiger partial charge on any atom is 0.275 e. The fourth-order valence-electron chi connectivity index (χ4n) is 6.09. The van der Waals surface area contributed by atoms with Gasteiger partial charge in [0.2, 0.25) is 0 Å². The smallest absolute Gasteiger partial charge is 0.275 e. The molecule has 1 N–H and O–H groups in total. The highest BCUT2D eigenvalue weighted by atomic mass is 35.5. The predicted octanol–water partition coefficient (Wildman–Crippen LogP) is 7.81. The molecule has 0 saturated heterocycles. The first-order valence-electron chi connectivity index (χ1n) is 13.9. The molecule has 1 amide bonds. The molecule has 1 atom stereocenters. The van der Waals surface area contributed by atoms with Crippen molar-refractivity contribution >= 4 is 40.7 Å². The average molecular weight is 570 g/mol. The molecule has 1 fully saturated rings. The Labute approximate surface area is 243 Å². The molecular weight excluding hydrogens is 529 g/mol. The van der Waals surface area contributed by atoms with E-state index in [9.17, 15) is 9.90 Å². The van der Waals surface area contributed by atoms with Crippen LogP contribution in [0.3, 0.4) is 0 Å². The van der Waals surface area contributed by atoms with E-state index in [0.717, 1.165) is 44.1 Å². The summed E-state index contributed by atoms with van der Waals surface area (Å²) in [7, 11) is 0. The molecule has 4 rings (SSSR count). The number of hydrogen-bond donors (Lipinski definition) is 1. The third-order valence-corrected chi connectivity index (χ3v) is 8.81. The molecule has 7 heteroatoms. The number of amides is 1. The second-order valence-electron chi connectivity index (χ2n) is 13.5. The van der Waals surface area contributed by atoms with E-state index in [0.29, 0.717) is 32.8 Å². The van der Waals surface area contributed by atoms with Crippen LogP contribution in [0.25, 0.3) is 0 Å². The first-order chi connectivity index (χ1) is 18.1. The van der Waals surface area contributed by atoms with E-state index in [1.54, 1.807) is 30.3 Å². The number of rotatable bonds is 6. The van der Waals surface area contributed by atoms with E-state index in [1.807, 2.05) is 17.0 Å². The molecule has 2 aliphatic rings. The summed E-state index contributed by atoms with van der Waals surface area (Å²) in [5.74, 6) is -0.275. The van der Waals surface area contributed by atoms with Gasteiger partial charge in [-0.15, -0.1) is 0 Å². The Balaban J connectivity index is 1.82. The minimum absolute atomic E-state index is 0.0688. The summed E-state index contributed by atoms with van der Waals surface area (Å²) in [5, 5.41) is 20.1. The van der Waals surface area contributed by atoms with Gasteiger partial charge in [0, 0.05) is 15.6 Å². The standard InChI is InChI=1S/C32H41Cl2N3O2/c1-30(2,3)14-13-26(20-7-9-21(10-8-20)28(35)38)37-29(39)27(22-17-24(33)19-25(34)18-22)36-32(37)15-11-23(12-16-32)31(4,5)6/h7-10,17-19,23,26H,11-16H2,1-6H3,(H2,35,38)/p-1/t23?,26-,32?/m1/s1. The molecule has 1 saturated carbocycles. The number of halogens is 2. The van der Waals surface area contributed by atoms with E-state index in [4.69, 9.17) is 33.6 Å². The Morgan fingerprint density at radius 2 is 1.62 bits per heavy atom. The third kappa shape index (κ3) is 6.52. The maximum absolute atomic E-state index is 14.4. The van der Waals surface area contributed by atoms with Crippen molar-refractivity contribution in [3.63, 3.8) is 0 Å². The van der Waals surface area contributed by atoms with Crippen LogP contribution in [0.2, 0.25) is 10.0 Å². The van der Waals surface area contributed by atoms with Crippen molar-refractivity contribution in [2.75, 3.05) is 0 Å². The zero-order valence-corrected chi connectivity index (χ0v) is 25.4. The van der Waals surface area contributed by atoms with Crippen molar-refractivity contribution in [3.05, 3.63) is 69.2 Å². The average Bonchev–Trinajstić information content (AvgIpc) is 3.10. The third-order valence-electron chi connectivity index (χ3n) is 8.37. The van der Waals surface area contributed by atoms with Gasteiger partial charge in [-0.05, 0) is 90.5 Å². The lowest BCUT2D eigenvalue weighted by Gasteiger charge is -2.47. The Hall–Kier alpha value is -2.37. The first kappa shape index (κ1) is 29.6. The molecule has 1 aliphatic heterocycles. The Bertz CT molecular complexity index is 1240. The summed E-state index contributed by atoms with van der Waals surface area (Å²) in [6.45, 7) is 13.5. The number of hydrogen-bond acceptors (Lipinski definition) is 4. The molecule has 1 spiro atoms. The lowest BCUT2D eigenvalue weighted by molar-refractivity contribution is -0.214. The van der Waals surface area contributed by atoms with Crippen LogP contribution in [-0.2, 0) is 4.79 Å². The highest BCUT2D eigenvalue weighted by Crippen LogP contribution is 2.50. The van der Waals surface area contributed by atoms with E-state index in [2.05, 4.69) is 41.5 Å². The van der Waals surface area contributed by atoms with E-state index >= 15 is 0 Å². The van der Waals surface area contributed by atoms with Crippen LogP contribution in [0.4, 0.5) is 0 Å². The van der Waals surface area contributed by atoms with Crippen LogP contribution in [0, 0.1) is 22.2 Å². The number of nitrogens with one attached hydrogen (secondary N) is 1. The Kier molecular flexibility index (Phi) is 8.27. The minimum atomic E-state index is -0.717. The van der Waals surface area contributed by atoms with Crippen molar-refractivity contribution in [2.24, 2.45) is 21.7 Å². The highest BCUT2D eigenvalue weighted by Gasteiger charge is 2.52. The Morgan fingerprint density at radius 1 is 1.05 bits per heavy atom. The van der Waals surface area contributed by atoms with Crippen molar-refractivity contribution in [3.8, 4) is 0 Å². The van der Waals surface area contributed by atoms with Crippen molar-refractivity contribution in [2.45, 2.75) is 91.8 Å². The molecule has 0 radical (unpaired) electrons. The van der Waals surface area contributed by atoms with Crippen molar-refractivity contribution in [1.29, 1.82) is 5.41 Å². The quantitative estimate of drug-likeness (QED) is 0.284. The molecule has 0 bridgehead atoms. The van der Waals surface area contributed by atoms with Gasteiger partial charge in [-0.25, -0.2) is 0 Å². The second kappa shape index (κ2) is 10.9. The van der Waals surface area contributed by atoms with Crippen LogP contribution in [0.15, 0.2) is 47.5 Å². The lowest BCUT2D eigenvalue weighted by Crippen LogP contribution is -2.51. The number of benzene rings is 2. The van der Waals surface area contributed by atoms with Gasteiger partial charge in [0.25, 0.3) is 5.91 Å². The van der Waals surface area contributed by atoms with Crippen LogP contribution in [-0.4, -0.2) is 28.1 Å². The predicted molar refractivity (Wildman–Crippen MR) is 159 cm³/mol. The van der Waals surface area contributed by atoms with Crippen molar-refractivity contribution in [1.82, 2.24) is 4.90 Å². The van der Waals surface area contributed by atoms with Crippen LogP contribution in [0.1, 0.15) is 103 Å². The van der Waals surface area contributed by atoms with Gasteiger partial charge in [0.1, 0.15) is 11.4 Å². The molecule has 5 nitrogen and oxygen atoms in total. The summed E-state index contributed by atoms with van der Waals surface area (Å²) in [5.41, 5.74) is 1.94. The molecule has 39 heavy (non-hydrogen) atoms. The minimum Gasteiger partial charge on any atom is -0.859 e. The second-order valence-corrected chi connectivity index (χ2v) is 14.4. The summed E-state index contributed by atoms with van der Waals surface area (Å²) >= 11 is 12.7. The zero-order chi connectivity index (χ0) is 28.8.